The molecule has 0 spiro atoms. The van der Waals surface area contributed by atoms with E-state index in [9.17, 15) is 0 Å². The van der Waals surface area contributed by atoms with E-state index in [0.717, 1.165) is 74.8 Å². The third-order valence-electron chi connectivity index (χ3n) is 9.69. The van der Waals surface area contributed by atoms with Crippen LogP contribution in [0.15, 0.2) is 129 Å². The maximum absolute atomic E-state index is 4.95. The van der Waals surface area contributed by atoms with Crippen molar-refractivity contribution in [2.24, 2.45) is 20.0 Å². The van der Waals surface area contributed by atoms with Crippen LogP contribution < -0.4 is 0 Å². The van der Waals surface area contributed by atoms with Gasteiger partial charge in [0.1, 0.15) is 0 Å². The normalized spacial score (nSPS) is 12.2. The molecule has 0 fully saturated rings. The molecule has 0 atom stereocenters. The van der Waals surface area contributed by atoms with E-state index < -0.39 is 0 Å². The minimum atomic E-state index is 0.194. The van der Waals surface area contributed by atoms with Crippen molar-refractivity contribution in [1.82, 2.24) is 9.97 Å². The average Bonchev–Trinajstić information content (AvgIpc) is 3.22. The summed E-state index contributed by atoms with van der Waals surface area (Å²) in [5.41, 5.74) is 20.2. The van der Waals surface area contributed by atoms with Gasteiger partial charge < -0.3 is 0 Å². The van der Waals surface area contributed by atoms with E-state index in [2.05, 4.69) is 114 Å². The van der Waals surface area contributed by atoms with Gasteiger partial charge in [-0.1, -0.05) is 71.8 Å². The van der Waals surface area contributed by atoms with Crippen LogP contribution in [0.25, 0.3) is 0 Å². The number of nitrogens with zero attached hydrogens (tertiary/aromatic N) is 6. The van der Waals surface area contributed by atoms with Gasteiger partial charge in [0.25, 0.3) is 0 Å². The zero-order chi connectivity index (χ0) is 44.6. The Kier molecular flexibility index (Phi) is 20.1. The van der Waals surface area contributed by atoms with Crippen molar-refractivity contribution >= 4 is 86.0 Å². The molecule has 0 N–H and O–H groups in total. The van der Waals surface area contributed by atoms with Crippen LogP contribution in [-0.4, -0.2) is 32.8 Å². The van der Waals surface area contributed by atoms with E-state index in [0.29, 0.717) is 0 Å². The predicted molar refractivity (Wildman–Crippen MR) is 256 cm³/mol. The Morgan fingerprint density at radius 2 is 0.689 bits per heavy atom. The van der Waals surface area contributed by atoms with Gasteiger partial charge in [0.2, 0.25) is 0 Å². The van der Waals surface area contributed by atoms with Crippen LogP contribution in [0, 0.1) is 41.5 Å². The first kappa shape index (κ1) is 49.7. The van der Waals surface area contributed by atoms with Crippen molar-refractivity contribution in [3.63, 3.8) is 0 Å². The SMILES string of the molecule is CC(=Nc1ccc(Cc2ccc(N=C(C)c3cccc(C(C)=Nc4c(C)cc(C)cc4C)n3)cc2)cc1)c1cccc(C(C)=Nc2c(C)cc(C)cc2C)n1.[Cl][Fe][Cl].[Cl][Fe][Cl]. The molecule has 0 amide bonds. The van der Waals surface area contributed by atoms with Crippen LogP contribution in [0.1, 0.15) is 95.0 Å². The van der Waals surface area contributed by atoms with E-state index in [4.69, 9.17) is 70.3 Å². The van der Waals surface area contributed by atoms with Crippen LogP contribution in [0.2, 0.25) is 0 Å². The van der Waals surface area contributed by atoms with E-state index >= 15 is 0 Å². The molecule has 6 aromatic rings. The molecule has 6 rings (SSSR count). The van der Waals surface area contributed by atoms with Gasteiger partial charge in [-0.2, -0.15) is 0 Å². The molecule has 0 saturated heterocycles. The van der Waals surface area contributed by atoms with E-state index in [1.807, 2.05) is 64.1 Å². The summed E-state index contributed by atoms with van der Waals surface area (Å²) in [6.07, 6.45) is 0.816. The quantitative estimate of drug-likeness (QED) is 0.101. The average molecular weight is 976 g/mol. The number of halogens is 4. The standard InChI is InChI=1S/C49H50N6.4ClH.2Fe/c1-30-25-32(3)48(33(4)26-30)52-38(9)46-15-11-13-44(54-46)36(7)50-42-21-17-40(18-22-42)29-41-19-23-43(24-20-41)51-37(8)45-14-12-16-47(55-45)39(10)53-49-34(5)27-31(2)28-35(49)6;;;;;;/h11-28H,29H2,1-10H3;4*1H;;/q;;;;;2*+2/p-4. The van der Waals surface area contributed by atoms with Gasteiger partial charge in [0, 0.05) is 0 Å². The molecule has 320 valence electrons. The molecule has 0 aliphatic heterocycles. The summed E-state index contributed by atoms with van der Waals surface area (Å²) >= 11 is 0.389. The second kappa shape index (κ2) is 24.6. The number of aromatic nitrogens is 2. The number of benzene rings is 4. The molecular weight excluding hydrogens is 926 g/mol. The molecule has 0 aliphatic rings. The topological polar surface area (TPSA) is 75.2 Å². The fraction of sp³-hybridized carbons (Fsp3) is 0.224. The summed E-state index contributed by atoms with van der Waals surface area (Å²) in [6.45, 7) is 20.7. The molecule has 0 saturated carbocycles. The second-order valence-corrected chi connectivity index (χ2v) is 18.4. The van der Waals surface area contributed by atoms with Crippen molar-refractivity contribution in [3.8, 4) is 0 Å². The summed E-state index contributed by atoms with van der Waals surface area (Å²) in [6, 6.07) is 37.6. The van der Waals surface area contributed by atoms with Gasteiger partial charge >= 0.3 is 66.7 Å². The number of hydrogen-bond donors (Lipinski definition) is 0. The summed E-state index contributed by atoms with van der Waals surface area (Å²) in [5.74, 6) is 0. The number of pyridine rings is 2. The van der Waals surface area contributed by atoms with Crippen LogP contribution >= 0.6 is 40.4 Å². The molecule has 2 aromatic heterocycles. The molecule has 12 heteroatoms. The van der Waals surface area contributed by atoms with Crippen molar-refractivity contribution < 1.29 is 26.3 Å². The Labute approximate surface area is 391 Å². The Balaban J connectivity index is 0.00000129. The Hall–Kier alpha value is -3.94. The predicted octanol–water partition coefficient (Wildman–Crippen LogP) is 15.2. The van der Waals surface area contributed by atoms with E-state index in [-0.39, 0.29) is 26.3 Å². The van der Waals surface area contributed by atoms with Crippen LogP contribution in [-0.2, 0) is 32.7 Å². The third kappa shape index (κ3) is 15.1. The van der Waals surface area contributed by atoms with Crippen LogP contribution in [0.5, 0.6) is 0 Å². The van der Waals surface area contributed by atoms with Gasteiger partial charge in [-0.25, -0.2) is 9.97 Å². The molecule has 6 nitrogen and oxygen atoms in total. The summed E-state index contributed by atoms with van der Waals surface area (Å²) in [4.78, 5) is 29.5. The van der Waals surface area contributed by atoms with E-state index in [1.165, 1.54) is 44.5 Å². The summed E-state index contributed by atoms with van der Waals surface area (Å²) in [7, 11) is 19.1. The molecular formula is C49H50Cl4Fe2N6. The second-order valence-electron chi connectivity index (χ2n) is 14.7. The Bertz CT molecular complexity index is 2330. The first-order valence-electron chi connectivity index (χ1n) is 19.4. The first-order chi connectivity index (χ1) is 29.1. The van der Waals surface area contributed by atoms with Gasteiger partial charge in [0.15, 0.2) is 0 Å². The molecule has 4 aromatic carbocycles. The fourth-order valence-corrected chi connectivity index (χ4v) is 6.94. The van der Waals surface area contributed by atoms with Crippen molar-refractivity contribution in [3.05, 3.63) is 176 Å². The zero-order valence-electron chi connectivity index (χ0n) is 36.0. The number of hydrogen-bond acceptors (Lipinski definition) is 6. The third-order valence-corrected chi connectivity index (χ3v) is 9.69. The fourth-order valence-electron chi connectivity index (χ4n) is 6.94. The summed E-state index contributed by atoms with van der Waals surface area (Å²) in [5, 5.41) is 0. The zero-order valence-corrected chi connectivity index (χ0v) is 41.2. The first-order valence-corrected chi connectivity index (χ1v) is 25.4. The van der Waals surface area contributed by atoms with Gasteiger partial charge in [0.05, 0.1) is 68.4 Å². The van der Waals surface area contributed by atoms with Crippen LogP contribution in [0.3, 0.4) is 0 Å². The summed E-state index contributed by atoms with van der Waals surface area (Å²) < 4.78 is 0. The Morgan fingerprint density at radius 3 is 0.967 bits per heavy atom. The van der Waals surface area contributed by atoms with Gasteiger partial charge in [-0.3, -0.25) is 20.0 Å². The molecule has 0 unspecified atom stereocenters. The van der Waals surface area contributed by atoms with Crippen molar-refractivity contribution in [2.45, 2.75) is 75.7 Å². The Morgan fingerprint density at radius 1 is 0.426 bits per heavy atom. The van der Waals surface area contributed by atoms with Crippen LogP contribution in [0.4, 0.5) is 22.7 Å². The van der Waals surface area contributed by atoms with Gasteiger partial charge in [-0.15, -0.1) is 0 Å². The number of aliphatic imine (C=N–C) groups is 4. The van der Waals surface area contributed by atoms with Gasteiger partial charge in [-0.05, 0) is 158 Å². The molecule has 2 heterocycles. The molecule has 0 radical (unpaired) electrons. The number of rotatable bonds is 10. The molecule has 0 aliphatic carbocycles. The molecule has 61 heavy (non-hydrogen) atoms. The monoisotopic (exact) mass is 974 g/mol. The molecule has 0 bridgehead atoms. The minimum absolute atomic E-state index is 0.194. The van der Waals surface area contributed by atoms with Crippen molar-refractivity contribution in [2.75, 3.05) is 0 Å². The number of aryl methyl sites for hydroxylation is 6. The van der Waals surface area contributed by atoms with Crippen molar-refractivity contribution in [1.29, 1.82) is 0 Å². The maximum atomic E-state index is 4.95. The van der Waals surface area contributed by atoms with E-state index in [1.54, 1.807) is 0 Å².